The molecule has 1 fully saturated rings. The molecule has 0 unspecified atom stereocenters. The summed E-state index contributed by atoms with van der Waals surface area (Å²) in [6.07, 6.45) is 0.837. The van der Waals surface area contributed by atoms with Crippen molar-refractivity contribution in [1.29, 1.82) is 0 Å². The number of piperazine rings is 1. The molecule has 0 atom stereocenters. The highest BCUT2D eigenvalue weighted by Gasteiger charge is 2.22. The number of hydrogen-bond donors (Lipinski definition) is 1. The molecular weight excluding hydrogens is 358 g/mol. The van der Waals surface area contributed by atoms with Crippen molar-refractivity contribution in [3.63, 3.8) is 0 Å². The summed E-state index contributed by atoms with van der Waals surface area (Å²) in [6.45, 7) is 4.07. The van der Waals surface area contributed by atoms with Gasteiger partial charge >= 0.3 is 0 Å². The number of thiophene rings is 1. The van der Waals surface area contributed by atoms with Crippen LogP contribution in [0.25, 0.3) is 0 Å². The van der Waals surface area contributed by atoms with Crippen LogP contribution in [0.2, 0.25) is 0 Å². The molecule has 0 saturated carbocycles. The second-order valence-electron chi connectivity index (χ2n) is 6.05. The SMILES string of the molecule is NS(=O)(=O)c1ccc(CCN2CCN(C(=O)c3cccs3)CC2)cc1. The predicted molar refractivity (Wildman–Crippen MR) is 98.2 cm³/mol. The van der Waals surface area contributed by atoms with Crippen molar-refractivity contribution in [2.45, 2.75) is 11.3 Å². The lowest BCUT2D eigenvalue weighted by molar-refractivity contribution is 0.0643. The van der Waals surface area contributed by atoms with Crippen molar-refractivity contribution >= 4 is 27.3 Å². The van der Waals surface area contributed by atoms with Gasteiger partial charge in [0.25, 0.3) is 5.91 Å². The lowest BCUT2D eigenvalue weighted by Crippen LogP contribution is -2.48. The summed E-state index contributed by atoms with van der Waals surface area (Å²) in [5.41, 5.74) is 1.07. The zero-order valence-electron chi connectivity index (χ0n) is 13.8. The van der Waals surface area contributed by atoms with E-state index in [4.69, 9.17) is 5.14 Å². The second-order valence-corrected chi connectivity index (χ2v) is 8.56. The Morgan fingerprint density at radius 2 is 1.76 bits per heavy atom. The Morgan fingerprint density at radius 1 is 1.08 bits per heavy atom. The first-order chi connectivity index (χ1) is 11.9. The minimum absolute atomic E-state index is 0.119. The van der Waals surface area contributed by atoms with Crippen LogP contribution in [-0.4, -0.2) is 56.8 Å². The third kappa shape index (κ3) is 4.66. The van der Waals surface area contributed by atoms with E-state index in [2.05, 4.69) is 4.90 Å². The summed E-state index contributed by atoms with van der Waals surface area (Å²) in [7, 11) is -3.64. The Labute approximate surface area is 151 Å². The van der Waals surface area contributed by atoms with Crippen LogP contribution in [0.4, 0.5) is 0 Å². The van der Waals surface area contributed by atoms with Crippen molar-refractivity contribution in [1.82, 2.24) is 9.80 Å². The van der Waals surface area contributed by atoms with Gasteiger partial charge in [0.1, 0.15) is 0 Å². The smallest absolute Gasteiger partial charge is 0.264 e. The molecule has 0 radical (unpaired) electrons. The lowest BCUT2D eigenvalue weighted by atomic mass is 10.1. The van der Waals surface area contributed by atoms with Crippen LogP contribution in [0, 0.1) is 0 Å². The molecule has 6 nitrogen and oxygen atoms in total. The summed E-state index contributed by atoms with van der Waals surface area (Å²) in [6, 6.07) is 10.5. The van der Waals surface area contributed by atoms with Crippen LogP contribution >= 0.6 is 11.3 Å². The zero-order valence-corrected chi connectivity index (χ0v) is 15.4. The molecule has 3 rings (SSSR count). The number of rotatable bonds is 5. The Bertz CT molecular complexity index is 809. The molecular formula is C17H21N3O3S2. The van der Waals surface area contributed by atoms with Gasteiger partial charge in [0.15, 0.2) is 0 Å². The van der Waals surface area contributed by atoms with Crippen molar-refractivity contribution in [2.24, 2.45) is 5.14 Å². The van der Waals surface area contributed by atoms with Gasteiger partial charge in [-0.15, -0.1) is 11.3 Å². The van der Waals surface area contributed by atoms with Gasteiger partial charge in [-0.3, -0.25) is 9.69 Å². The van der Waals surface area contributed by atoms with E-state index in [1.807, 2.05) is 22.4 Å². The molecule has 25 heavy (non-hydrogen) atoms. The van der Waals surface area contributed by atoms with Crippen molar-refractivity contribution < 1.29 is 13.2 Å². The largest absolute Gasteiger partial charge is 0.335 e. The van der Waals surface area contributed by atoms with Crippen molar-refractivity contribution in [2.75, 3.05) is 32.7 Å². The normalized spacial score (nSPS) is 16.1. The van der Waals surface area contributed by atoms with E-state index in [1.165, 1.54) is 11.3 Å². The molecule has 0 bridgehead atoms. The summed E-state index contributed by atoms with van der Waals surface area (Å²) in [5, 5.41) is 7.02. The van der Waals surface area contributed by atoms with Gasteiger partial charge in [-0.05, 0) is 35.6 Å². The highest BCUT2D eigenvalue weighted by Crippen LogP contribution is 2.14. The number of carbonyl (C=O) groups excluding carboxylic acids is 1. The maximum atomic E-state index is 12.3. The molecule has 1 aliphatic rings. The Kier molecular flexibility index (Phi) is 5.53. The molecule has 1 aliphatic heterocycles. The average molecular weight is 380 g/mol. The topological polar surface area (TPSA) is 83.7 Å². The van der Waals surface area contributed by atoms with Crippen LogP contribution in [0.15, 0.2) is 46.7 Å². The van der Waals surface area contributed by atoms with Gasteiger partial charge in [0.05, 0.1) is 9.77 Å². The molecule has 1 aromatic carbocycles. The minimum Gasteiger partial charge on any atom is -0.335 e. The monoisotopic (exact) mass is 379 g/mol. The van der Waals surface area contributed by atoms with Crippen LogP contribution in [0.5, 0.6) is 0 Å². The van der Waals surface area contributed by atoms with E-state index in [1.54, 1.807) is 24.3 Å². The minimum atomic E-state index is -3.64. The fraction of sp³-hybridized carbons (Fsp3) is 0.353. The first-order valence-electron chi connectivity index (χ1n) is 8.10. The molecule has 0 aliphatic carbocycles. The summed E-state index contributed by atoms with van der Waals surface area (Å²) in [4.78, 5) is 17.5. The third-order valence-electron chi connectivity index (χ3n) is 4.36. The molecule has 2 N–H and O–H groups in total. The van der Waals surface area contributed by atoms with E-state index in [9.17, 15) is 13.2 Å². The van der Waals surface area contributed by atoms with E-state index < -0.39 is 10.0 Å². The van der Waals surface area contributed by atoms with Crippen molar-refractivity contribution in [3.05, 3.63) is 52.2 Å². The molecule has 2 heterocycles. The number of benzene rings is 1. The molecule has 1 aromatic heterocycles. The Morgan fingerprint density at radius 3 is 2.32 bits per heavy atom. The average Bonchev–Trinajstić information content (AvgIpc) is 3.14. The van der Waals surface area contributed by atoms with Crippen LogP contribution < -0.4 is 5.14 Å². The number of nitrogens with two attached hydrogens (primary N) is 1. The maximum absolute atomic E-state index is 12.3. The predicted octanol–water partition coefficient (Wildman–Crippen LogP) is 1.40. The van der Waals surface area contributed by atoms with Crippen LogP contribution in [0.3, 0.4) is 0 Å². The fourth-order valence-corrected chi connectivity index (χ4v) is 4.07. The Hall–Kier alpha value is -1.74. The second kappa shape index (κ2) is 7.65. The Balaban J connectivity index is 1.47. The number of amides is 1. The van der Waals surface area contributed by atoms with Crippen molar-refractivity contribution in [3.8, 4) is 0 Å². The van der Waals surface area contributed by atoms with Gasteiger partial charge in [-0.2, -0.15) is 0 Å². The van der Waals surface area contributed by atoms with E-state index in [0.29, 0.717) is 0 Å². The van der Waals surface area contributed by atoms with Crippen LogP contribution in [0.1, 0.15) is 15.2 Å². The zero-order chi connectivity index (χ0) is 17.9. The van der Waals surface area contributed by atoms with E-state index in [0.717, 1.165) is 49.6 Å². The van der Waals surface area contributed by atoms with Gasteiger partial charge in [0.2, 0.25) is 10.0 Å². The first kappa shape index (κ1) is 18.1. The van der Waals surface area contributed by atoms with Crippen LogP contribution in [-0.2, 0) is 16.4 Å². The first-order valence-corrected chi connectivity index (χ1v) is 10.5. The van der Waals surface area contributed by atoms with Gasteiger partial charge < -0.3 is 4.90 Å². The highest BCUT2D eigenvalue weighted by atomic mass is 32.2. The maximum Gasteiger partial charge on any atom is 0.264 e. The van der Waals surface area contributed by atoms with Gasteiger partial charge in [-0.25, -0.2) is 13.6 Å². The number of primary sulfonamides is 1. The summed E-state index contributed by atoms with van der Waals surface area (Å²) >= 11 is 1.48. The molecule has 1 amide bonds. The fourth-order valence-electron chi connectivity index (χ4n) is 2.86. The number of hydrogen-bond acceptors (Lipinski definition) is 5. The van der Waals surface area contributed by atoms with E-state index >= 15 is 0 Å². The number of sulfonamides is 1. The number of carbonyl (C=O) groups is 1. The third-order valence-corrected chi connectivity index (χ3v) is 6.15. The van der Waals surface area contributed by atoms with Gasteiger partial charge in [-0.1, -0.05) is 18.2 Å². The lowest BCUT2D eigenvalue weighted by Gasteiger charge is -2.34. The standard InChI is InChI=1S/C17H21N3O3S2/c18-25(22,23)15-5-3-14(4-6-15)7-8-19-9-11-20(12-10-19)17(21)16-2-1-13-24-16/h1-6,13H,7-12H2,(H2,18,22,23). The summed E-state index contributed by atoms with van der Waals surface area (Å²) in [5.74, 6) is 0.119. The molecule has 8 heteroatoms. The molecule has 1 saturated heterocycles. The number of nitrogens with zero attached hydrogens (tertiary/aromatic N) is 2. The summed E-state index contributed by atoms with van der Waals surface area (Å²) < 4.78 is 22.5. The highest BCUT2D eigenvalue weighted by molar-refractivity contribution is 7.89. The molecule has 134 valence electrons. The van der Waals surface area contributed by atoms with E-state index in [-0.39, 0.29) is 10.8 Å². The quantitative estimate of drug-likeness (QED) is 0.851. The van der Waals surface area contributed by atoms with Gasteiger partial charge in [0, 0.05) is 32.7 Å². The molecule has 2 aromatic rings. The molecule has 0 spiro atoms.